The zero-order valence-electron chi connectivity index (χ0n) is 19.6. The van der Waals surface area contributed by atoms with Crippen molar-refractivity contribution >= 4 is 34.5 Å². The van der Waals surface area contributed by atoms with E-state index in [-0.39, 0.29) is 28.3 Å². The Morgan fingerprint density at radius 1 is 0.861 bits per heavy atom. The van der Waals surface area contributed by atoms with E-state index in [0.29, 0.717) is 11.3 Å². The van der Waals surface area contributed by atoms with E-state index in [9.17, 15) is 29.8 Å². The van der Waals surface area contributed by atoms with Gasteiger partial charge in [-0.1, -0.05) is 18.2 Å². The summed E-state index contributed by atoms with van der Waals surface area (Å²) in [5.74, 6) is -0.989. The van der Waals surface area contributed by atoms with Gasteiger partial charge in [-0.15, -0.1) is 0 Å². The molecule has 0 aliphatic carbocycles. The first-order valence-electron chi connectivity index (χ1n) is 10.9. The molecule has 0 atom stereocenters. The van der Waals surface area contributed by atoms with Gasteiger partial charge < -0.3 is 4.74 Å². The van der Waals surface area contributed by atoms with Gasteiger partial charge in [0.1, 0.15) is 5.75 Å². The molecular formula is C26H21N3O7. The monoisotopic (exact) mass is 487 g/mol. The maximum Gasteiger partial charge on any atom is 0.343 e. The van der Waals surface area contributed by atoms with Crippen LogP contribution in [0.5, 0.6) is 5.75 Å². The highest BCUT2D eigenvalue weighted by molar-refractivity contribution is 6.10. The number of hydrogen-bond donors (Lipinski definition) is 0. The topological polar surface area (TPSA) is 133 Å². The number of amides is 1. The number of allylic oxidation sites excluding steroid dienone is 1. The molecule has 3 aromatic carbocycles. The minimum atomic E-state index is -0.763. The number of rotatable bonds is 5. The Labute approximate surface area is 205 Å². The molecule has 0 N–H and O–H groups in total. The largest absolute Gasteiger partial charge is 0.423 e. The van der Waals surface area contributed by atoms with E-state index < -0.39 is 27.3 Å². The lowest BCUT2D eigenvalue weighted by atomic mass is 9.88. The third-order valence-electron chi connectivity index (χ3n) is 5.79. The highest BCUT2D eigenvalue weighted by atomic mass is 16.6. The van der Waals surface area contributed by atoms with E-state index in [1.165, 1.54) is 48.5 Å². The average molecular weight is 487 g/mol. The molecule has 0 aromatic heterocycles. The van der Waals surface area contributed by atoms with Crippen LogP contribution in [0.1, 0.15) is 47.1 Å². The Balaban J connectivity index is 1.69. The molecule has 0 saturated heterocycles. The van der Waals surface area contributed by atoms with E-state index in [2.05, 4.69) is 0 Å². The molecule has 0 unspecified atom stereocenters. The highest BCUT2D eigenvalue weighted by Crippen LogP contribution is 2.41. The van der Waals surface area contributed by atoms with E-state index in [4.69, 9.17) is 4.74 Å². The van der Waals surface area contributed by atoms with Gasteiger partial charge in [0.05, 0.1) is 26.6 Å². The van der Waals surface area contributed by atoms with Crippen molar-refractivity contribution in [2.24, 2.45) is 0 Å². The molecule has 10 nitrogen and oxygen atoms in total. The van der Waals surface area contributed by atoms with Gasteiger partial charge >= 0.3 is 5.97 Å². The van der Waals surface area contributed by atoms with Gasteiger partial charge in [-0.3, -0.25) is 29.9 Å². The Hall–Kier alpha value is -4.86. The normalized spacial score (nSPS) is 13.9. The summed E-state index contributed by atoms with van der Waals surface area (Å²) in [7, 11) is 0. The number of benzene rings is 3. The van der Waals surface area contributed by atoms with E-state index in [1.54, 1.807) is 17.0 Å². The summed E-state index contributed by atoms with van der Waals surface area (Å²) in [6.07, 6.45) is 1.89. The molecule has 1 aliphatic heterocycles. The number of non-ortho nitro benzene ring substituents is 2. The van der Waals surface area contributed by atoms with Gasteiger partial charge in [-0.25, -0.2) is 4.79 Å². The van der Waals surface area contributed by atoms with Gasteiger partial charge in [-0.2, -0.15) is 0 Å². The molecule has 0 bridgehead atoms. The van der Waals surface area contributed by atoms with Crippen LogP contribution < -0.4 is 9.64 Å². The lowest BCUT2D eigenvalue weighted by Crippen LogP contribution is -2.49. The first-order chi connectivity index (χ1) is 17.0. The lowest BCUT2D eigenvalue weighted by Gasteiger charge is -2.41. The smallest absolute Gasteiger partial charge is 0.343 e. The van der Waals surface area contributed by atoms with Crippen molar-refractivity contribution in [2.75, 3.05) is 4.90 Å². The van der Waals surface area contributed by atoms with Crippen LogP contribution in [0, 0.1) is 20.2 Å². The maximum absolute atomic E-state index is 13.5. The van der Waals surface area contributed by atoms with Crippen molar-refractivity contribution in [2.45, 2.75) is 26.3 Å². The first kappa shape index (κ1) is 24.3. The predicted octanol–water partition coefficient (Wildman–Crippen LogP) is 5.56. The maximum atomic E-state index is 13.5. The van der Waals surface area contributed by atoms with Crippen LogP contribution in [-0.2, 0) is 0 Å². The number of fused-ring (bicyclic) bond motifs is 1. The number of carbonyl (C=O) groups is 2. The average Bonchev–Trinajstić information content (AvgIpc) is 2.83. The SMILES string of the molecule is CC1=CC(C)(C)N(C(=O)c2cccc([N+](=O)[O-])c2)c2ccc(OC(=O)c3cccc([N+](=O)[O-])c3)cc21. The number of nitro benzene ring substituents is 2. The molecule has 4 rings (SSSR count). The summed E-state index contributed by atoms with van der Waals surface area (Å²) in [6, 6.07) is 15.5. The number of nitro groups is 2. The van der Waals surface area contributed by atoms with Crippen LogP contribution in [0.3, 0.4) is 0 Å². The van der Waals surface area contributed by atoms with E-state index in [0.717, 1.165) is 11.6 Å². The second-order valence-electron chi connectivity index (χ2n) is 8.80. The zero-order valence-corrected chi connectivity index (χ0v) is 19.6. The minimum Gasteiger partial charge on any atom is -0.423 e. The number of ether oxygens (including phenoxy) is 1. The Kier molecular flexibility index (Phi) is 6.11. The molecule has 1 heterocycles. The Morgan fingerprint density at radius 2 is 1.44 bits per heavy atom. The van der Waals surface area contributed by atoms with Crippen LogP contribution in [0.25, 0.3) is 5.57 Å². The molecule has 1 amide bonds. The standard InChI is InChI=1S/C26H21N3O7/c1-16-15-26(2,3)27(24(30)17-6-4-8-19(12-17)28(32)33)23-11-10-21(14-22(16)23)36-25(31)18-7-5-9-20(13-18)29(34)35/h4-15H,1-3H3. The van der Waals surface area contributed by atoms with Crippen molar-refractivity contribution in [1.82, 2.24) is 0 Å². The van der Waals surface area contributed by atoms with E-state index >= 15 is 0 Å². The quantitative estimate of drug-likeness (QED) is 0.199. The Morgan fingerprint density at radius 3 is 2.06 bits per heavy atom. The number of anilines is 1. The molecule has 36 heavy (non-hydrogen) atoms. The summed E-state index contributed by atoms with van der Waals surface area (Å²) in [5.41, 5.74) is 1.04. The predicted molar refractivity (Wildman–Crippen MR) is 132 cm³/mol. The number of carbonyl (C=O) groups excluding carboxylic acids is 2. The fraction of sp³-hybridized carbons (Fsp3) is 0.154. The summed E-state index contributed by atoms with van der Waals surface area (Å²) in [4.78, 5) is 48.7. The summed E-state index contributed by atoms with van der Waals surface area (Å²) >= 11 is 0. The second-order valence-corrected chi connectivity index (χ2v) is 8.80. The van der Waals surface area contributed by atoms with Crippen LogP contribution in [0.15, 0.2) is 72.8 Å². The van der Waals surface area contributed by atoms with E-state index in [1.807, 2.05) is 26.8 Å². The van der Waals surface area contributed by atoms with Crippen LogP contribution in [0.4, 0.5) is 17.1 Å². The summed E-state index contributed by atoms with van der Waals surface area (Å²) in [5, 5.41) is 22.2. The number of nitrogens with zero attached hydrogens (tertiary/aromatic N) is 3. The van der Waals surface area contributed by atoms with Gasteiger partial charge in [0, 0.05) is 35.4 Å². The first-order valence-corrected chi connectivity index (χ1v) is 10.9. The molecule has 182 valence electrons. The zero-order chi connectivity index (χ0) is 26.2. The van der Waals surface area contributed by atoms with Crippen molar-refractivity contribution < 1.29 is 24.2 Å². The molecule has 0 saturated carbocycles. The Bertz CT molecular complexity index is 1460. The van der Waals surface area contributed by atoms with Gasteiger partial charge in [0.25, 0.3) is 17.3 Å². The molecule has 3 aromatic rings. The highest BCUT2D eigenvalue weighted by Gasteiger charge is 2.37. The fourth-order valence-electron chi connectivity index (χ4n) is 4.24. The van der Waals surface area contributed by atoms with Crippen molar-refractivity contribution in [1.29, 1.82) is 0 Å². The molecule has 0 radical (unpaired) electrons. The van der Waals surface area contributed by atoms with Crippen molar-refractivity contribution in [3.05, 3.63) is 110 Å². The fourth-order valence-corrected chi connectivity index (χ4v) is 4.24. The van der Waals surface area contributed by atoms with Crippen LogP contribution in [-0.4, -0.2) is 27.3 Å². The molecule has 0 spiro atoms. The minimum absolute atomic E-state index is 0.0257. The third kappa shape index (κ3) is 4.56. The summed E-state index contributed by atoms with van der Waals surface area (Å²) < 4.78 is 5.46. The number of esters is 1. The lowest BCUT2D eigenvalue weighted by molar-refractivity contribution is -0.385. The van der Waals surface area contributed by atoms with Gasteiger partial charge in [-0.05, 0) is 56.7 Å². The van der Waals surface area contributed by atoms with Crippen LogP contribution >= 0.6 is 0 Å². The van der Waals surface area contributed by atoms with Gasteiger partial charge in [0.15, 0.2) is 0 Å². The second kappa shape index (κ2) is 9.06. The molecule has 1 aliphatic rings. The van der Waals surface area contributed by atoms with Crippen molar-refractivity contribution in [3.8, 4) is 5.75 Å². The molecule has 10 heteroatoms. The van der Waals surface area contributed by atoms with Crippen molar-refractivity contribution in [3.63, 3.8) is 0 Å². The molecule has 0 fully saturated rings. The van der Waals surface area contributed by atoms with Crippen LogP contribution in [0.2, 0.25) is 0 Å². The molecular weight excluding hydrogens is 466 g/mol. The third-order valence-corrected chi connectivity index (χ3v) is 5.79. The summed E-state index contributed by atoms with van der Waals surface area (Å²) in [6.45, 7) is 5.57. The van der Waals surface area contributed by atoms with Gasteiger partial charge in [0.2, 0.25) is 0 Å². The number of hydrogen-bond acceptors (Lipinski definition) is 7.